The quantitative estimate of drug-likeness (QED) is 0.289. The van der Waals surface area contributed by atoms with Crippen LogP contribution in [-0.2, 0) is 22.7 Å². The molecule has 2 aromatic carbocycles. The largest absolute Gasteiger partial charge is 0.497 e. The van der Waals surface area contributed by atoms with Crippen molar-refractivity contribution in [3.05, 3.63) is 89.5 Å². The molecule has 0 aliphatic carbocycles. The van der Waals surface area contributed by atoms with Crippen molar-refractivity contribution in [1.29, 1.82) is 0 Å². The van der Waals surface area contributed by atoms with Gasteiger partial charge in [-0.25, -0.2) is 9.48 Å². The third kappa shape index (κ3) is 4.52. The van der Waals surface area contributed by atoms with Crippen LogP contribution in [-0.4, -0.2) is 38.0 Å². The van der Waals surface area contributed by atoms with E-state index >= 15 is 0 Å². The first-order valence-corrected chi connectivity index (χ1v) is 10.8. The number of hydrogen-bond acceptors (Lipinski definition) is 6. The fourth-order valence-corrected chi connectivity index (χ4v) is 3.87. The van der Waals surface area contributed by atoms with Gasteiger partial charge in [-0.05, 0) is 42.8 Å². The zero-order valence-electron chi connectivity index (χ0n) is 18.9. The van der Waals surface area contributed by atoms with Crippen molar-refractivity contribution < 1.29 is 14.3 Å². The summed E-state index contributed by atoms with van der Waals surface area (Å²) >= 11 is 0. The molecule has 0 spiro atoms. The molecule has 0 bridgehead atoms. The number of rotatable bonds is 7. The third-order valence-electron chi connectivity index (χ3n) is 5.53. The lowest BCUT2D eigenvalue weighted by molar-refractivity contribution is -0.139. The van der Waals surface area contributed by atoms with E-state index in [1.807, 2.05) is 43.3 Å². The third-order valence-corrected chi connectivity index (χ3v) is 5.53. The molecule has 0 atom stereocenters. The SMILES string of the molecule is COc1ccc(/C=C/C(=O)OCc2cn(Cc3cc4c([nH]c5ccccc54)c(C)n3)nn2)cc1. The molecular formula is C26H23N5O3. The first kappa shape index (κ1) is 21.4. The van der Waals surface area contributed by atoms with Crippen molar-refractivity contribution in [3.8, 4) is 5.75 Å². The van der Waals surface area contributed by atoms with Crippen LogP contribution in [0, 0.1) is 6.92 Å². The Morgan fingerprint density at radius 1 is 1.09 bits per heavy atom. The maximum atomic E-state index is 12.1. The van der Waals surface area contributed by atoms with E-state index in [1.165, 1.54) is 6.08 Å². The highest BCUT2D eigenvalue weighted by Crippen LogP contribution is 2.27. The van der Waals surface area contributed by atoms with Crippen LogP contribution in [0.5, 0.6) is 5.75 Å². The van der Waals surface area contributed by atoms with Gasteiger partial charge >= 0.3 is 5.97 Å². The summed E-state index contributed by atoms with van der Waals surface area (Å²) < 4.78 is 12.1. The van der Waals surface area contributed by atoms with Gasteiger partial charge in [-0.3, -0.25) is 4.98 Å². The highest BCUT2D eigenvalue weighted by atomic mass is 16.5. The Kier molecular flexibility index (Phi) is 5.78. The van der Waals surface area contributed by atoms with Gasteiger partial charge in [0.15, 0.2) is 0 Å². The average molecular weight is 454 g/mol. The molecule has 0 radical (unpaired) electrons. The Balaban J connectivity index is 1.22. The second kappa shape index (κ2) is 9.19. The number of nitrogens with zero attached hydrogens (tertiary/aromatic N) is 4. The molecule has 1 N–H and O–H groups in total. The van der Waals surface area contributed by atoms with Crippen LogP contribution < -0.4 is 4.74 Å². The number of carbonyl (C=O) groups is 1. The number of methoxy groups -OCH3 is 1. The van der Waals surface area contributed by atoms with E-state index in [0.29, 0.717) is 12.2 Å². The number of para-hydroxylation sites is 1. The summed E-state index contributed by atoms with van der Waals surface area (Å²) in [7, 11) is 1.61. The summed E-state index contributed by atoms with van der Waals surface area (Å²) in [4.78, 5) is 20.2. The van der Waals surface area contributed by atoms with Gasteiger partial charge in [-0.15, -0.1) is 5.10 Å². The summed E-state index contributed by atoms with van der Waals surface area (Å²) in [5.74, 6) is 0.307. The fourth-order valence-electron chi connectivity index (χ4n) is 3.87. The number of fused-ring (bicyclic) bond motifs is 3. The van der Waals surface area contributed by atoms with Crippen LogP contribution in [0.2, 0.25) is 0 Å². The molecule has 5 rings (SSSR count). The zero-order valence-corrected chi connectivity index (χ0v) is 18.9. The molecule has 5 aromatic rings. The molecule has 0 saturated heterocycles. The standard InChI is InChI=1S/C26H23N5O3/c1-17-26-23(22-5-3-4-6-24(22)28-26)13-19(27-17)14-31-15-20(29-30-31)16-34-25(32)12-9-18-7-10-21(33-2)11-8-18/h3-13,15,28H,14,16H2,1-2H3/b12-9+. The predicted molar refractivity (Wildman–Crippen MR) is 129 cm³/mol. The van der Waals surface area contributed by atoms with Crippen molar-refractivity contribution in [2.45, 2.75) is 20.1 Å². The average Bonchev–Trinajstić information content (AvgIpc) is 3.46. The molecule has 3 heterocycles. The monoisotopic (exact) mass is 453 g/mol. The van der Waals surface area contributed by atoms with E-state index in [4.69, 9.17) is 14.5 Å². The molecule has 3 aromatic heterocycles. The van der Waals surface area contributed by atoms with E-state index < -0.39 is 5.97 Å². The highest BCUT2D eigenvalue weighted by Gasteiger charge is 2.11. The van der Waals surface area contributed by atoms with Crippen LogP contribution in [0.4, 0.5) is 0 Å². The van der Waals surface area contributed by atoms with Gasteiger partial charge < -0.3 is 14.5 Å². The van der Waals surface area contributed by atoms with Crippen molar-refractivity contribution in [2.75, 3.05) is 7.11 Å². The topological polar surface area (TPSA) is 94.9 Å². The number of esters is 1. The van der Waals surface area contributed by atoms with Gasteiger partial charge in [-0.2, -0.15) is 0 Å². The summed E-state index contributed by atoms with van der Waals surface area (Å²) in [5, 5.41) is 10.6. The molecule has 8 nitrogen and oxygen atoms in total. The summed E-state index contributed by atoms with van der Waals surface area (Å²) in [6.45, 7) is 2.50. The number of aromatic amines is 1. The molecule has 0 unspecified atom stereocenters. The van der Waals surface area contributed by atoms with Gasteiger partial charge in [0.25, 0.3) is 0 Å². The lowest BCUT2D eigenvalue weighted by atomic mass is 10.1. The second-order valence-corrected chi connectivity index (χ2v) is 7.91. The maximum Gasteiger partial charge on any atom is 0.331 e. The lowest BCUT2D eigenvalue weighted by Gasteiger charge is -2.04. The van der Waals surface area contributed by atoms with Crippen molar-refractivity contribution in [1.82, 2.24) is 25.0 Å². The molecular weight excluding hydrogens is 430 g/mol. The van der Waals surface area contributed by atoms with Gasteiger partial charge in [0.2, 0.25) is 0 Å². The van der Waals surface area contributed by atoms with E-state index in [9.17, 15) is 4.79 Å². The van der Waals surface area contributed by atoms with Crippen molar-refractivity contribution in [2.24, 2.45) is 0 Å². The van der Waals surface area contributed by atoms with Crippen LogP contribution in [0.1, 0.15) is 22.6 Å². The molecule has 170 valence electrons. The summed E-state index contributed by atoms with van der Waals surface area (Å²) in [6.07, 6.45) is 4.83. The minimum atomic E-state index is -0.451. The Hall–Kier alpha value is -4.46. The Morgan fingerprint density at radius 2 is 1.91 bits per heavy atom. The van der Waals surface area contributed by atoms with Crippen LogP contribution in [0.25, 0.3) is 27.9 Å². The lowest BCUT2D eigenvalue weighted by Crippen LogP contribution is -2.04. The summed E-state index contributed by atoms with van der Waals surface area (Å²) in [5.41, 5.74) is 5.38. The van der Waals surface area contributed by atoms with Gasteiger partial charge in [0.1, 0.15) is 18.1 Å². The second-order valence-electron chi connectivity index (χ2n) is 7.91. The van der Waals surface area contributed by atoms with E-state index in [2.05, 4.69) is 33.5 Å². The number of ether oxygens (including phenoxy) is 2. The highest BCUT2D eigenvalue weighted by molar-refractivity contribution is 6.07. The van der Waals surface area contributed by atoms with Gasteiger partial charge in [0, 0.05) is 22.4 Å². The Labute approximate surface area is 195 Å². The molecule has 0 amide bonds. The number of H-pyrrole nitrogens is 1. The predicted octanol–water partition coefficient (Wildman–Crippen LogP) is 4.43. The smallest absolute Gasteiger partial charge is 0.331 e. The van der Waals surface area contributed by atoms with Crippen LogP contribution >= 0.6 is 0 Å². The first-order valence-electron chi connectivity index (χ1n) is 10.8. The van der Waals surface area contributed by atoms with E-state index in [0.717, 1.165) is 44.5 Å². The number of benzene rings is 2. The van der Waals surface area contributed by atoms with Gasteiger partial charge in [-0.1, -0.05) is 35.5 Å². The maximum absolute atomic E-state index is 12.1. The van der Waals surface area contributed by atoms with Crippen LogP contribution in [0.15, 0.2) is 66.9 Å². The number of nitrogens with one attached hydrogen (secondary N) is 1. The van der Waals surface area contributed by atoms with Crippen molar-refractivity contribution >= 4 is 33.9 Å². The van der Waals surface area contributed by atoms with Gasteiger partial charge in [0.05, 0.1) is 36.8 Å². The number of pyridine rings is 1. The molecule has 0 fully saturated rings. The number of hydrogen-bond donors (Lipinski definition) is 1. The van der Waals surface area contributed by atoms with E-state index in [-0.39, 0.29) is 6.61 Å². The normalized spacial score (nSPS) is 11.5. The van der Waals surface area contributed by atoms with Crippen molar-refractivity contribution in [3.63, 3.8) is 0 Å². The number of aryl methyl sites for hydroxylation is 1. The fraction of sp³-hybridized carbons (Fsp3) is 0.154. The van der Waals surface area contributed by atoms with Crippen LogP contribution in [0.3, 0.4) is 0 Å². The first-order chi connectivity index (χ1) is 16.6. The molecule has 0 aliphatic rings. The molecule has 34 heavy (non-hydrogen) atoms. The Morgan fingerprint density at radius 3 is 2.74 bits per heavy atom. The molecule has 0 saturated carbocycles. The number of carbonyl (C=O) groups excluding carboxylic acids is 1. The molecule has 8 heteroatoms. The number of aromatic nitrogens is 5. The zero-order chi connectivity index (χ0) is 23.5. The summed E-state index contributed by atoms with van der Waals surface area (Å²) in [6, 6.07) is 17.7. The molecule has 0 aliphatic heterocycles. The minimum Gasteiger partial charge on any atom is -0.497 e. The Bertz CT molecular complexity index is 1500. The minimum absolute atomic E-state index is 0.0414. The van der Waals surface area contributed by atoms with E-state index in [1.54, 1.807) is 24.1 Å².